The second kappa shape index (κ2) is 6.86. The zero-order valence-electron chi connectivity index (χ0n) is 10.7. The van der Waals surface area contributed by atoms with Crippen molar-refractivity contribution in [3.05, 3.63) is 23.8 Å². The van der Waals surface area contributed by atoms with E-state index >= 15 is 0 Å². The van der Waals surface area contributed by atoms with E-state index in [9.17, 15) is 4.79 Å². The zero-order chi connectivity index (χ0) is 13.5. The largest absolute Gasteiger partial charge is 0.399 e. The molecule has 0 atom stereocenters. The van der Waals surface area contributed by atoms with Crippen molar-refractivity contribution < 1.29 is 9.90 Å². The molecule has 0 heterocycles. The average molecular weight is 251 g/mol. The molecule has 1 rings (SSSR count). The minimum atomic E-state index is -0.100. The molecule has 0 unspecified atom stereocenters. The molecule has 1 aromatic carbocycles. The van der Waals surface area contributed by atoms with Crippen LogP contribution in [0.4, 0.5) is 11.4 Å². The average Bonchev–Trinajstić information content (AvgIpc) is 2.33. The van der Waals surface area contributed by atoms with Crippen LogP contribution < -0.4 is 11.5 Å². The number of nitrogens with two attached hydrogens (primary N) is 2. The van der Waals surface area contributed by atoms with Gasteiger partial charge in [-0.1, -0.05) is 0 Å². The number of hydrogen-bond donors (Lipinski definition) is 3. The molecule has 1 aromatic rings. The zero-order valence-corrected chi connectivity index (χ0v) is 10.7. The number of aliphatic hydroxyl groups excluding tert-OH is 1. The van der Waals surface area contributed by atoms with Crippen LogP contribution in [0.1, 0.15) is 29.6 Å². The molecule has 0 radical (unpaired) electrons. The Hall–Kier alpha value is -1.75. The Morgan fingerprint density at radius 1 is 1.28 bits per heavy atom. The van der Waals surface area contributed by atoms with E-state index < -0.39 is 0 Å². The molecule has 18 heavy (non-hydrogen) atoms. The van der Waals surface area contributed by atoms with E-state index in [2.05, 4.69) is 0 Å². The minimum Gasteiger partial charge on any atom is -0.399 e. The van der Waals surface area contributed by atoms with Gasteiger partial charge in [0.05, 0.1) is 5.56 Å². The molecular weight excluding hydrogens is 230 g/mol. The van der Waals surface area contributed by atoms with Gasteiger partial charge < -0.3 is 21.5 Å². The van der Waals surface area contributed by atoms with Gasteiger partial charge in [-0.15, -0.1) is 0 Å². The second-order valence-corrected chi connectivity index (χ2v) is 4.36. The fraction of sp³-hybridized carbons (Fsp3) is 0.462. The van der Waals surface area contributed by atoms with Gasteiger partial charge in [0.2, 0.25) is 0 Å². The molecule has 0 aliphatic carbocycles. The lowest BCUT2D eigenvalue weighted by Crippen LogP contribution is -2.28. The van der Waals surface area contributed by atoms with Crippen LogP contribution in [0.3, 0.4) is 0 Å². The molecule has 0 saturated carbocycles. The Morgan fingerprint density at radius 2 is 2.00 bits per heavy atom. The Labute approximate surface area is 107 Å². The van der Waals surface area contributed by atoms with Crippen LogP contribution in [0.15, 0.2) is 18.2 Å². The predicted molar refractivity (Wildman–Crippen MR) is 73.2 cm³/mol. The maximum Gasteiger partial charge on any atom is 0.255 e. The molecule has 5 N–H and O–H groups in total. The summed E-state index contributed by atoms with van der Waals surface area (Å²) in [5, 5.41) is 8.67. The molecule has 0 aromatic heterocycles. The van der Waals surface area contributed by atoms with Gasteiger partial charge >= 0.3 is 0 Å². The number of anilines is 2. The Balaban J connectivity index is 2.57. The van der Waals surface area contributed by atoms with E-state index in [-0.39, 0.29) is 12.5 Å². The lowest BCUT2D eigenvalue weighted by molar-refractivity contribution is 0.0793. The van der Waals surface area contributed by atoms with Crippen molar-refractivity contribution in [1.82, 2.24) is 4.90 Å². The van der Waals surface area contributed by atoms with Crippen molar-refractivity contribution >= 4 is 17.3 Å². The van der Waals surface area contributed by atoms with Crippen molar-refractivity contribution in [3.63, 3.8) is 0 Å². The van der Waals surface area contributed by atoms with Crippen LogP contribution in [-0.2, 0) is 0 Å². The van der Waals surface area contributed by atoms with Gasteiger partial charge in [0.25, 0.3) is 5.91 Å². The lowest BCUT2D eigenvalue weighted by atomic mass is 10.1. The Kier molecular flexibility index (Phi) is 5.45. The van der Waals surface area contributed by atoms with Crippen molar-refractivity contribution in [2.45, 2.75) is 19.3 Å². The van der Waals surface area contributed by atoms with E-state index in [0.29, 0.717) is 23.5 Å². The first kappa shape index (κ1) is 14.3. The number of nitrogen functional groups attached to an aromatic ring is 2. The minimum absolute atomic E-state index is 0.100. The quantitative estimate of drug-likeness (QED) is 0.521. The molecule has 5 nitrogen and oxygen atoms in total. The fourth-order valence-electron chi connectivity index (χ4n) is 1.72. The summed E-state index contributed by atoms with van der Waals surface area (Å²) >= 11 is 0. The third-order valence-electron chi connectivity index (χ3n) is 2.80. The molecule has 5 heteroatoms. The van der Waals surface area contributed by atoms with Gasteiger partial charge in [-0.3, -0.25) is 4.79 Å². The van der Waals surface area contributed by atoms with Crippen molar-refractivity contribution in [2.24, 2.45) is 0 Å². The summed E-state index contributed by atoms with van der Waals surface area (Å²) in [5.41, 5.74) is 12.8. The van der Waals surface area contributed by atoms with E-state index in [1.54, 1.807) is 30.1 Å². The summed E-state index contributed by atoms with van der Waals surface area (Å²) in [4.78, 5) is 13.7. The third kappa shape index (κ3) is 3.92. The number of benzene rings is 1. The van der Waals surface area contributed by atoms with E-state index in [0.717, 1.165) is 19.3 Å². The predicted octanol–water partition coefficient (Wildman–Crippen LogP) is 1.09. The van der Waals surface area contributed by atoms with Crippen LogP contribution in [0, 0.1) is 0 Å². The highest BCUT2D eigenvalue weighted by Crippen LogP contribution is 2.17. The van der Waals surface area contributed by atoms with Crippen LogP contribution in [0.5, 0.6) is 0 Å². The van der Waals surface area contributed by atoms with Crippen molar-refractivity contribution in [3.8, 4) is 0 Å². The molecule has 0 aliphatic heterocycles. The lowest BCUT2D eigenvalue weighted by Gasteiger charge is -2.18. The summed E-state index contributed by atoms with van der Waals surface area (Å²) in [5.74, 6) is -0.100. The van der Waals surface area contributed by atoms with Crippen LogP contribution in [0.2, 0.25) is 0 Å². The van der Waals surface area contributed by atoms with Crippen molar-refractivity contribution in [1.29, 1.82) is 0 Å². The van der Waals surface area contributed by atoms with Crippen LogP contribution in [-0.4, -0.2) is 36.1 Å². The highest BCUT2D eigenvalue weighted by molar-refractivity contribution is 5.99. The fourth-order valence-corrected chi connectivity index (χ4v) is 1.72. The molecule has 0 aliphatic rings. The number of hydrogen-bond acceptors (Lipinski definition) is 4. The molecule has 1 amide bonds. The summed E-state index contributed by atoms with van der Waals surface area (Å²) < 4.78 is 0. The van der Waals surface area contributed by atoms with Gasteiger partial charge in [-0.2, -0.15) is 0 Å². The van der Waals surface area contributed by atoms with Gasteiger partial charge in [0, 0.05) is 31.6 Å². The van der Waals surface area contributed by atoms with Gasteiger partial charge in [-0.05, 0) is 37.5 Å². The Bertz CT molecular complexity index is 407. The molecule has 0 bridgehead atoms. The molecular formula is C13H21N3O2. The first-order valence-corrected chi connectivity index (χ1v) is 6.07. The maximum atomic E-state index is 12.1. The van der Waals surface area contributed by atoms with Gasteiger partial charge in [0.1, 0.15) is 0 Å². The van der Waals surface area contributed by atoms with E-state index in [1.165, 1.54) is 0 Å². The maximum absolute atomic E-state index is 12.1. The molecule has 100 valence electrons. The first-order valence-electron chi connectivity index (χ1n) is 6.07. The number of rotatable bonds is 6. The number of carbonyl (C=O) groups excluding carboxylic acids is 1. The number of amides is 1. The van der Waals surface area contributed by atoms with Crippen molar-refractivity contribution in [2.75, 3.05) is 31.7 Å². The summed E-state index contributed by atoms with van der Waals surface area (Å²) in [6.07, 6.45) is 2.55. The van der Waals surface area contributed by atoms with E-state index in [1.807, 2.05) is 0 Å². The van der Waals surface area contributed by atoms with Gasteiger partial charge in [0.15, 0.2) is 0 Å². The van der Waals surface area contributed by atoms with Gasteiger partial charge in [-0.25, -0.2) is 0 Å². The SMILES string of the molecule is CN(CCCCCO)C(=O)c1ccc(N)cc1N. The molecule has 0 spiro atoms. The molecule has 0 fully saturated rings. The highest BCUT2D eigenvalue weighted by atomic mass is 16.2. The monoisotopic (exact) mass is 251 g/mol. The summed E-state index contributed by atoms with van der Waals surface area (Å²) in [6.45, 7) is 0.852. The van der Waals surface area contributed by atoms with E-state index in [4.69, 9.17) is 16.6 Å². The summed E-state index contributed by atoms with van der Waals surface area (Å²) in [6, 6.07) is 4.91. The number of carbonyl (C=O) groups is 1. The number of unbranched alkanes of at least 4 members (excludes halogenated alkanes) is 2. The number of nitrogens with zero attached hydrogens (tertiary/aromatic N) is 1. The first-order chi connectivity index (χ1) is 8.56. The topological polar surface area (TPSA) is 92.6 Å². The Morgan fingerprint density at radius 3 is 2.61 bits per heavy atom. The van der Waals surface area contributed by atoms with Crippen LogP contribution >= 0.6 is 0 Å². The van der Waals surface area contributed by atoms with Crippen LogP contribution in [0.25, 0.3) is 0 Å². The molecule has 0 saturated heterocycles. The number of aliphatic hydroxyl groups is 1. The highest BCUT2D eigenvalue weighted by Gasteiger charge is 2.14. The normalized spacial score (nSPS) is 10.3. The standard InChI is InChI=1S/C13H21N3O2/c1-16(7-3-2-4-8-17)13(18)11-6-5-10(14)9-12(11)15/h5-6,9,17H,2-4,7-8,14-15H2,1H3. The third-order valence-corrected chi connectivity index (χ3v) is 2.80. The second-order valence-electron chi connectivity index (χ2n) is 4.36. The smallest absolute Gasteiger partial charge is 0.255 e. The summed E-state index contributed by atoms with van der Waals surface area (Å²) in [7, 11) is 1.75.